The normalized spacial score (nSPS) is 28.6. The Morgan fingerprint density at radius 1 is 1.59 bits per heavy atom. The van der Waals surface area contributed by atoms with Gasteiger partial charge in [0.1, 0.15) is 0 Å². The van der Waals surface area contributed by atoms with Gasteiger partial charge in [0, 0.05) is 19.0 Å². The number of nitrogens with zero attached hydrogens (tertiary/aromatic N) is 1. The van der Waals surface area contributed by atoms with Gasteiger partial charge in [-0.3, -0.25) is 14.5 Å². The summed E-state index contributed by atoms with van der Waals surface area (Å²) < 4.78 is 4.62. The standard InChI is InChI=1S/C12H20N2O3/c1-17-11(15)5-3-7-14-6-2-4-9-10(14)8-13-12(9)16/h9-10H,2-8H2,1H3,(H,13,16). The second-order valence-corrected chi connectivity index (χ2v) is 4.78. The lowest BCUT2D eigenvalue weighted by atomic mass is 9.91. The molecule has 0 aromatic carbocycles. The van der Waals surface area contributed by atoms with Crippen molar-refractivity contribution in [1.29, 1.82) is 0 Å². The van der Waals surface area contributed by atoms with Gasteiger partial charge in [-0.2, -0.15) is 0 Å². The van der Waals surface area contributed by atoms with Gasteiger partial charge < -0.3 is 10.1 Å². The number of esters is 1. The van der Waals surface area contributed by atoms with Crippen molar-refractivity contribution in [2.24, 2.45) is 5.92 Å². The van der Waals surface area contributed by atoms with E-state index >= 15 is 0 Å². The van der Waals surface area contributed by atoms with Gasteiger partial charge in [-0.15, -0.1) is 0 Å². The smallest absolute Gasteiger partial charge is 0.305 e. The monoisotopic (exact) mass is 240 g/mol. The van der Waals surface area contributed by atoms with Crippen molar-refractivity contribution in [1.82, 2.24) is 10.2 Å². The summed E-state index contributed by atoms with van der Waals surface area (Å²) in [5, 5.41) is 2.93. The number of hydrogen-bond donors (Lipinski definition) is 1. The van der Waals surface area contributed by atoms with E-state index < -0.39 is 0 Å². The highest BCUT2D eigenvalue weighted by molar-refractivity contribution is 5.82. The molecule has 96 valence electrons. The van der Waals surface area contributed by atoms with Crippen LogP contribution in [0, 0.1) is 5.92 Å². The number of nitrogens with one attached hydrogen (secondary N) is 1. The van der Waals surface area contributed by atoms with Crippen molar-refractivity contribution < 1.29 is 14.3 Å². The average molecular weight is 240 g/mol. The Morgan fingerprint density at radius 2 is 2.41 bits per heavy atom. The minimum atomic E-state index is -0.154. The molecule has 2 fully saturated rings. The molecule has 0 spiro atoms. The first-order valence-electron chi connectivity index (χ1n) is 6.31. The zero-order valence-corrected chi connectivity index (χ0v) is 10.3. The summed E-state index contributed by atoms with van der Waals surface area (Å²) in [6.07, 6.45) is 3.35. The average Bonchev–Trinajstić information content (AvgIpc) is 2.72. The van der Waals surface area contributed by atoms with Crippen molar-refractivity contribution >= 4 is 11.9 Å². The molecule has 1 amide bonds. The molecule has 5 nitrogen and oxygen atoms in total. The number of carbonyl (C=O) groups excluding carboxylic acids is 2. The lowest BCUT2D eigenvalue weighted by Crippen LogP contribution is -2.45. The number of hydrogen-bond acceptors (Lipinski definition) is 4. The Bertz CT molecular complexity index is 306. The number of methoxy groups -OCH3 is 1. The van der Waals surface area contributed by atoms with E-state index in [1.54, 1.807) is 0 Å². The third-order valence-electron chi connectivity index (χ3n) is 3.77. The lowest BCUT2D eigenvalue weighted by molar-refractivity contribution is -0.140. The molecule has 0 radical (unpaired) electrons. The molecule has 1 N–H and O–H groups in total. The summed E-state index contributed by atoms with van der Waals surface area (Å²) in [4.78, 5) is 24.9. The van der Waals surface area contributed by atoms with E-state index in [4.69, 9.17) is 0 Å². The zero-order chi connectivity index (χ0) is 12.3. The van der Waals surface area contributed by atoms with Gasteiger partial charge >= 0.3 is 5.97 Å². The molecular formula is C12H20N2O3. The van der Waals surface area contributed by atoms with Gasteiger partial charge in [-0.05, 0) is 32.4 Å². The molecular weight excluding hydrogens is 220 g/mol. The molecule has 2 aliphatic heterocycles. The first-order chi connectivity index (χ1) is 8.22. The first-order valence-corrected chi connectivity index (χ1v) is 6.31. The number of ether oxygens (including phenoxy) is 1. The second kappa shape index (κ2) is 5.49. The van der Waals surface area contributed by atoms with E-state index in [-0.39, 0.29) is 17.8 Å². The van der Waals surface area contributed by atoms with Crippen LogP contribution in [0.5, 0.6) is 0 Å². The molecule has 2 aliphatic rings. The van der Waals surface area contributed by atoms with Crippen LogP contribution < -0.4 is 5.32 Å². The van der Waals surface area contributed by atoms with E-state index in [0.717, 1.165) is 38.9 Å². The Kier molecular flexibility index (Phi) is 3.99. The van der Waals surface area contributed by atoms with E-state index in [2.05, 4.69) is 15.0 Å². The van der Waals surface area contributed by atoms with Crippen molar-refractivity contribution in [2.45, 2.75) is 31.7 Å². The SMILES string of the molecule is COC(=O)CCCN1CCCC2C(=O)NCC21. The summed E-state index contributed by atoms with van der Waals surface area (Å²) in [6, 6.07) is 0.342. The highest BCUT2D eigenvalue weighted by Crippen LogP contribution is 2.27. The van der Waals surface area contributed by atoms with E-state index in [9.17, 15) is 9.59 Å². The molecule has 0 saturated carbocycles. The van der Waals surface area contributed by atoms with Crippen LogP contribution in [-0.2, 0) is 14.3 Å². The maximum atomic E-state index is 11.6. The Hall–Kier alpha value is -1.10. The van der Waals surface area contributed by atoms with Crippen LogP contribution in [0.1, 0.15) is 25.7 Å². The molecule has 0 aromatic heterocycles. The van der Waals surface area contributed by atoms with Gasteiger partial charge in [0.2, 0.25) is 5.91 Å². The van der Waals surface area contributed by atoms with Crippen molar-refractivity contribution in [3.63, 3.8) is 0 Å². The molecule has 0 aliphatic carbocycles. The lowest BCUT2D eigenvalue weighted by Gasteiger charge is -2.35. The highest BCUT2D eigenvalue weighted by atomic mass is 16.5. The quantitative estimate of drug-likeness (QED) is 0.711. The fourth-order valence-corrected chi connectivity index (χ4v) is 2.85. The summed E-state index contributed by atoms with van der Waals surface area (Å²) in [5.74, 6) is 0.216. The van der Waals surface area contributed by atoms with Crippen LogP contribution >= 0.6 is 0 Å². The van der Waals surface area contributed by atoms with Gasteiger partial charge in [0.25, 0.3) is 0 Å². The molecule has 2 rings (SSSR count). The Balaban J connectivity index is 1.80. The summed E-state index contributed by atoms with van der Waals surface area (Å²) in [5.41, 5.74) is 0. The maximum Gasteiger partial charge on any atom is 0.305 e. The summed E-state index contributed by atoms with van der Waals surface area (Å²) in [7, 11) is 1.42. The number of carbonyl (C=O) groups is 2. The number of fused-ring (bicyclic) bond motifs is 1. The van der Waals surface area contributed by atoms with Gasteiger partial charge in [0.05, 0.1) is 13.0 Å². The molecule has 2 saturated heterocycles. The molecule has 2 heterocycles. The number of likely N-dealkylation sites (tertiary alicyclic amines) is 1. The highest BCUT2D eigenvalue weighted by Gasteiger charge is 2.40. The zero-order valence-electron chi connectivity index (χ0n) is 10.3. The summed E-state index contributed by atoms with van der Waals surface area (Å²) in [6.45, 7) is 2.68. The molecule has 0 aromatic rings. The molecule has 17 heavy (non-hydrogen) atoms. The van der Waals surface area contributed by atoms with Crippen molar-refractivity contribution in [3.05, 3.63) is 0 Å². The van der Waals surface area contributed by atoms with Crippen LogP contribution in [0.4, 0.5) is 0 Å². The predicted octanol–water partition coefficient (Wildman–Crippen LogP) is 0.150. The number of amides is 1. The maximum absolute atomic E-state index is 11.6. The molecule has 5 heteroatoms. The van der Waals surface area contributed by atoms with Crippen LogP contribution in [0.3, 0.4) is 0 Å². The Labute approximate surface area is 101 Å². The molecule has 2 unspecified atom stereocenters. The van der Waals surface area contributed by atoms with Gasteiger partial charge in [0.15, 0.2) is 0 Å². The Morgan fingerprint density at radius 3 is 3.18 bits per heavy atom. The van der Waals surface area contributed by atoms with Crippen LogP contribution in [0.15, 0.2) is 0 Å². The largest absolute Gasteiger partial charge is 0.469 e. The fraction of sp³-hybridized carbons (Fsp3) is 0.833. The minimum Gasteiger partial charge on any atom is -0.469 e. The van der Waals surface area contributed by atoms with Crippen LogP contribution in [0.25, 0.3) is 0 Å². The predicted molar refractivity (Wildman–Crippen MR) is 62.3 cm³/mol. The van der Waals surface area contributed by atoms with E-state index in [1.165, 1.54) is 7.11 Å². The van der Waals surface area contributed by atoms with Crippen molar-refractivity contribution in [2.75, 3.05) is 26.7 Å². The van der Waals surface area contributed by atoms with Crippen molar-refractivity contribution in [3.8, 4) is 0 Å². The molecule has 2 atom stereocenters. The van der Waals surface area contributed by atoms with Gasteiger partial charge in [-0.1, -0.05) is 0 Å². The number of rotatable bonds is 4. The minimum absolute atomic E-state index is 0.154. The fourth-order valence-electron chi connectivity index (χ4n) is 2.85. The third-order valence-corrected chi connectivity index (χ3v) is 3.77. The molecule has 0 bridgehead atoms. The van der Waals surface area contributed by atoms with Crippen LogP contribution in [0.2, 0.25) is 0 Å². The second-order valence-electron chi connectivity index (χ2n) is 4.78. The van der Waals surface area contributed by atoms with Gasteiger partial charge in [-0.25, -0.2) is 0 Å². The first kappa shape index (κ1) is 12.4. The number of piperidine rings is 1. The topological polar surface area (TPSA) is 58.6 Å². The summed E-state index contributed by atoms with van der Waals surface area (Å²) >= 11 is 0. The third kappa shape index (κ3) is 2.77. The van der Waals surface area contributed by atoms with E-state index in [1.807, 2.05) is 0 Å². The van der Waals surface area contributed by atoms with E-state index in [0.29, 0.717) is 12.5 Å². The van der Waals surface area contributed by atoms with Crippen LogP contribution in [-0.4, -0.2) is 49.6 Å².